The molecule has 0 saturated heterocycles. The molecule has 1 aliphatic heterocycles. The second-order valence-electron chi connectivity index (χ2n) is 17.4. The van der Waals surface area contributed by atoms with Gasteiger partial charge in [0.25, 0.3) is 23.3 Å². The summed E-state index contributed by atoms with van der Waals surface area (Å²) in [5.74, 6) is -11.0. The number of nitrogens with one attached hydrogen (secondary N) is 3. The molecule has 1 atom stereocenters. The van der Waals surface area contributed by atoms with Gasteiger partial charge < -0.3 is 63.1 Å². The average Bonchev–Trinajstić information content (AvgIpc) is 3.89. The van der Waals surface area contributed by atoms with Crippen molar-refractivity contribution in [2.75, 3.05) is 119 Å². The standard InChI is InChI=1S/C52H65F5N6O18/c1-34-45(48(69)62(3)51(72)61(34)2)37-6-4-35(5-7-37)32-40(49(70)81-50(71)52(55,56)57)60-47(68)46-38(53)30-36(31-39(46)54)33-59-42(65)11-14-73-16-18-75-20-22-77-24-26-79-28-29-80-27-25-78-23-21-76-19-17-74-15-12-58-41(64)10-13-63-43(66)8-9-44(63)67/h4-9,30-31,40H,10-29,32-33H2,1-3H3,(H,58,64)(H,59,65)(H,60,68)/t40-/m0/s1. The minimum Gasteiger partial charge on any atom is -0.385 e. The first-order chi connectivity index (χ1) is 38.7. The van der Waals surface area contributed by atoms with E-state index < -0.39 is 82.7 Å². The molecule has 446 valence electrons. The smallest absolute Gasteiger partial charge is 0.385 e. The maximum absolute atomic E-state index is 15.3. The quantitative estimate of drug-likeness (QED) is 0.0236. The third-order valence-corrected chi connectivity index (χ3v) is 11.6. The van der Waals surface area contributed by atoms with Crippen molar-refractivity contribution in [1.29, 1.82) is 0 Å². The van der Waals surface area contributed by atoms with E-state index in [0.717, 1.165) is 21.6 Å². The van der Waals surface area contributed by atoms with Gasteiger partial charge in [-0.1, -0.05) is 24.3 Å². The number of halogens is 5. The molecule has 1 aromatic heterocycles. The van der Waals surface area contributed by atoms with Gasteiger partial charge in [0.1, 0.15) is 23.2 Å². The highest BCUT2D eigenvalue weighted by atomic mass is 19.4. The number of rotatable bonds is 38. The molecule has 0 fully saturated rings. The van der Waals surface area contributed by atoms with Crippen molar-refractivity contribution in [3.05, 3.63) is 103 Å². The maximum atomic E-state index is 15.3. The molecule has 29 heteroatoms. The molecule has 1 aliphatic rings. The second-order valence-corrected chi connectivity index (χ2v) is 17.4. The van der Waals surface area contributed by atoms with Gasteiger partial charge in [-0.15, -0.1) is 0 Å². The Morgan fingerprint density at radius 2 is 1.05 bits per heavy atom. The molecule has 0 bridgehead atoms. The fraction of sp³-hybridized carbons (Fsp3) is 0.519. The number of carbonyl (C=O) groups is 7. The molecule has 0 spiro atoms. The molecule has 0 saturated carbocycles. The van der Waals surface area contributed by atoms with Crippen LogP contribution in [0.5, 0.6) is 0 Å². The molecule has 2 aromatic carbocycles. The summed E-state index contributed by atoms with van der Waals surface area (Å²) in [5, 5.41) is 7.03. The monoisotopic (exact) mass is 1160 g/mol. The molecule has 3 aromatic rings. The van der Waals surface area contributed by atoms with E-state index in [0.29, 0.717) is 83.9 Å². The predicted octanol–water partition coefficient (Wildman–Crippen LogP) is 0.881. The van der Waals surface area contributed by atoms with Crippen LogP contribution in [0.2, 0.25) is 0 Å². The molecule has 2 heterocycles. The Hall–Kier alpha value is -7.12. The highest BCUT2D eigenvalue weighted by Crippen LogP contribution is 2.22. The van der Waals surface area contributed by atoms with Crippen LogP contribution in [0.1, 0.15) is 40.0 Å². The van der Waals surface area contributed by atoms with Crippen molar-refractivity contribution in [2.45, 2.75) is 44.9 Å². The highest BCUT2D eigenvalue weighted by Gasteiger charge is 2.44. The third kappa shape index (κ3) is 23.1. The Balaban J connectivity index is 0.994. The Morgan fingerprint density at radius 3 is 1.53 bits per heavy atom. The lowest BCUT2D eigenvalue weighted by atomic mass is 10.00. The summed E-state index contributed by atoms with van der Waals surface area (Å²) < 4.78 is 119. The Bertz CT molecular complexity index is 2710. The van der Waals surface area contributed by atoms with E-state index in [1.165, 1.54) is 62.0 Å². The van der Waals surface area contributed by atoms with E-state index in [1.54, 1.807) is 0 Å². The zero-order valence-electron chi connectivity index (χ0n) is 44.8. The zero-order valence-corrected chi connectivity index (χ0v) is 44.8. The molecule has 4 rings (SSSR count). The van der Waals surface area contributed by atoms with Gasteiger partial charge >= 0.3 is 23.8 Å². The van der Waals surface area contributed by atoms with E-state index >= 15 is 8.78 Å². The number of esters is 2. The van der Waals surface area contributed by atoms with Crippen LogP contribution < -0.4 is 27.2 Å². The van der Waals surface area contributed by atoms with Gasteiger partial charge in [-0.2, -0.15) is 13.2 Å². The van der Waals surface area contributed by atoms with Gasteiger partial charge in [0.15, 0.2) is 0 Å². The summed E-state index contributed by atoms with van der Waals surface area (Å²) >= 11 is 0. The average molecular weight is 1160 g/mol. The Kier molecular flexibility index (Phi) is 28.6. The number of hydrogen-bond donors (Lipinski definition) is 3. The van der Waals surface area contributed by atoms with Crippen LogP contribution >= 0.6 is 0 Å². The minimum atomic E-state index is -5.61. The number of carbonyl (C=O) groups excluding carboxylic acids is 7. The number of benzene rings is 2. The minimum absolute atomic E-state index is 0.0118. The third-order valence-electron chi connectivity index (χ3n) is 11.6. The van der Waals surface area contributed by atoms with Crippen LogP contribution in [0.25, 0.3) is 11.1 Å². The number of aromatic nitrogens is 2. The molecule has 81 heavy (non-hydrogen) atoms. The van der Waals surface area contributed by atoms with Crippen molar-refractivity contribution < 1.29 is 98.1 Å². The summed E-state index contributed by atoms with van der Waals surface area (Å²) in [6.45, 7) is 6.20. The van der Waals surface area contributed by atoms with Crippen LogP contribution in [0.4, 0.5) is 22.0 Å². The number of alkyl halides is 3. The SMILES string of the molecule is Cc1c(-c2ccc(C[C@H](NC(=O)c3c(F)cc(CNC(=O)CCOCCOCCOCCOCCOCCOCCOCCOCCNC(=O)CCN4C(=O)C=CC4=O)cc3F)C(=O)OC(=O)C(F)(F)F)cc2)c(=O)n(C)c(=O)n1C. The first-order valence-corrected chi connectivity index (χ1v) is 25.4. The lowest BCUT2D eigenvalue weighted by Gasteiger charge is -2.19. The molecular formula is C52H65F5N6O18. The molecule has 0 radical (unpaired) electrons. The van der Waals surface area contributed by atoms with Crippen molar-refractivity contribution in [3.63, 3.8) is 0 Å². The van der Waals surface area contributed by atoms with Gasteiger partial charge in [0.05, 0.1) is 111 Å². The zero-order chi connectivity index (χ0) is 59.3. The van der Waals surface area contributed by atoms with Crippen molar-refractivity contribution >= 4 is 41.5 Å². The Morgan fingerprint density at radius 1 is 0.593 bits per heavy atom. The van der Waals surface area contributed by atoms with E-state index in [9.17, 15) is 56.3 Å². The van der Waals surface area contributed by atoms with Gasteiger partial charge in [0.2, 0.25) is 11.8 Å². The number of nitrogens with zero attached hydrogens (tertiary/aromatic N) is 3. The van der Waals surface area contributed by atoms with Gasteiger partial charge in [-0.05, 0) is 35.7 Å². The lowest BCUT2D eigenvalue weighted by Crippen LogP contribution is -2.45. The first kappa shape index (κ1) is 66.4. The summed E-state index contributed by atoms with van der Waals surface area (Å²) in [6, 6.07) is 4.80. The topological polar surface area (TPSA) is 286 Å². The summed E-state index contributed by atoms with van der Waals surface area (Å²) in [6.07, 6.45) is -4.04. The van der Waals surface area contributed by atoms with Crippen molar-refractivity contribution in [2.24, 2.45) is 14.1 Å². The van der Waals surface area contributed by atoms with Crippen LogP contribution in [0.15, 0.2) is 58.1 Å². The fourth-order valence-corrected chi connectivity index (χ4v) is 7.22. The number of imide groups is 1. The molecule has 5 amide bonds. The normalized spacial score (nSPS) is 12.7. The fourth-order valence-electron chi connectivity index (χ4n) is 7.22. The largest absolute Gasteiger partial charge is 0.491 e. The van der Waals surface area contributed by atoms with E-state index in [2.05, 4.69) is 15.4 Å². The Labute approximate surface area is 461 Å². The summed E-state index contributed by atoms with van der Waals surface area (Å²) in [7, 11) is 2.72. The lowest BCUT2D eigenvalue weighted by molar-refractivity contribution is -0.202. The molecule has 3 N–H and O–H groups in total. The second kappa shape index (κ2) is 34.9. The first-order valence-electron chi connectivity index (χ1n) is 25.4. The summed E-state index contributed by atoms with van der Waals surface area (Å²) in [5.41, 5.74) is -1.66. The maximum Gasteiger partial charge on any atom is 0.491 e. The summed E-state index contributed by atoms with van der Waals surface area (Å²) in [4.78, 5) is 111. The molecule has 0 aliphatic carbocycles. The number of hydrogen-bond acceptors (Lipinski definition) is 18. The highest BCUT2D eigenvalue weighted by molar-refractivity contribution is 6.13. The van der Waals surface area contributed by atoms with Crippen LogP contribution in [0, 0.1) is 18.6 Å². The van der Waals surface area contributed by atoms with Crippen molar-refractivity contribution in [1.82, 2.24) is 30.0 Å². The van der Waals surface area contributed by atoms with E-state index in [4.69, 9.17) is 37.9 Å². The number of ether oxygens (including phenoxy) is 9. The molecule has 24 nitrogen and oxygen atoms in total. The van der Waals surface area contributed by atoms with Gasteiger partial charge in [0, 0.05) is 70.8 Å². The van der Waals surface area contributed by atoms with E-state index in [1.807, 2.05) is 5.32 Å². The number of amides is 5. The molecular weight excluding hydrogens is 1090 g/mol. The molecule has 0 unspecified atom stereocenters. The van der Waals surface area contributed by atoms with Crippen LogP contribution in [0.3, 0.4) is 0 Å². The van der Waals surface area contributed by atoms with Crippen LogP contribution in [-0.4, -0.2) is 187 Å². The van der Waals surface area contributed by atoms with Crippen molar-refractivity contribution in [3.8, 4) is 11.1 Å². The van der Waals surface area contributed by atoms with Gasteiger partial charge in [-0.25, -0.2) is 23.2 Å². The van der Waals surface area contributed by atoms with E-state index in [-0.39, 0.29) is 88.1 Å². The van der Waals surface area contributed by atoms with Gasteiger partial charge in [-0.3, -0.25) is 38.2 Å². The predicted molar refractivity (Wildman–Crippen MR) is 272 cm³/mol. The van der Waals surface area contributed by atoms with Crippen LogP contribution in [-0.2, 0) is 98.5 Å².